The average Bonchev–Trinajstić information content (AvgIpc) is 2.85. The molecule has 0 atom stereocenters. The molecule has 1 heterocycles. The summed E-state index contributed by atoms with van der Waals surface area (Å²) in [6.07, 6.45) is 3.44. The maximum absolute atomic E-state index is 11.8. The molecule has 2 rings (SSSR count). The maximum Gasteiger partial charge on any atom is 0.215 e. The van der Waals surface area contributed by atoms with Crippen molar-refractivity contribution in [3.63, 3.8) is 0 Å². The van der Waals surface area contributed by atoms with Crippen LogP contribution in [0.3, 0.4) is 0 Å². The molecule has 0 bridgehead atoms. The number of aromatic nitrogens is 2. The number of nitrogens with one attached hydrogen (secondary N) is 1. The molecule has 0 aliphatic rings. The lowest BCUT2D eigenvalue weighted by Gasteiger charge is -2.07. The van der Waals surface area contributed by atoms with Gasteiger partial charge in [-0.2, -0.15) is 5.10 Å². The van der Waals surface area contributed by atoms with E-state index in [4.69, 9.17) is 11.6 Å². The largest absolute Gasteiger partial charge is 0.271 e. The van der Waals surface area contributed by atoms with Crippen LogP contribution in [0, 0.1) is 0 Å². The molecule has 0 aliphatic heterocycles. The number of rotatable bonds is 6. The zero-order valence-corrected chi connectivity index (χ0v) is 11.7. The zero-order chi connectivity index (χ0) is 13.7. The minimum absolute atomic E-state index is 0.0523. The Morgan fingerprint density at radius 3 is 2.63 bits per heavy atom. The first-order valence-corrected chi connectivity index (χ1v) is 7.77. The van der Waals surface area contributed by atoms with Crippen LogP contribution < -0.4 is 4.72 Å². The van der Waals surface area contributed by atoms with Crippen LogP contribution in [0.2, 0.25) is 5.02 Å². The molecular formula is C12H14ClN3O2S. The lowest BCUT2D eigenvalue weighted by molar-refractivity contribution is 0.560. The highest BCUT2D eigenvalue weighted by atomic mass is 35.5. The quantitative estimate of drug-likeness (QED) is 0.882. The number of hydrogen-bond donors (Lipinski definition) is 1. The molecule has 102 valence electrons. The van der Waals surface area contributed by atoms with Gasteiger partial charge in [0.1, 0.15) is 0 Å². The van der Waals surface area contributed by atoms with Crippen LogP contribution in [0.4, 0.5) is 0 Å². The van der Waals surface area contributed by atoms with Crippen LogP contribution in [0.25, 0.3) is 0 Å². The summed E-state index contributed by atoms with van der Waals surface area (Å²) in [4.78, 5) is 0. The van der Waals surface area contributed by atoms with E-state index in [0.29, 0.717) is 23.7 Å². The molecular weight excluding hydrogens is 286 g/mol. The highest BCUT2D eigenvalue weighted by Crippen LogP contribution is 2.11. The van der Waals surface area contributed by atoms with Crippen molar-refractivity contribution in [1.29, 1.82) is 0 Å². The lowest BCUT2D eigenvalue weighted by Crippen LogP contribution is -2.28. The fourth-order valence-electron chi connectivity index (χ4n) is 1.60. The first kappa shape index (κ1) is 14.0. The van der Waals surface area contributed by atoms with Crippen molar-refractivity contribution in [3.8, 4) is 0 Å². The van der Waals surface area contributed by atoms with Crippen molar-refractivity contribution >= 4 is 21.6 Å². The fourth-order valence-corrected chi connectivity index (χ4v) is 2.86. The Hall–Kier alpha value is -1.37. The molecule has 0 radical (unpaired) electrons. The standard InChI is InChI=1S/C12H14ClN3O2S/c13-12-4-2-11(3-5-12)10-19(17,18)15-7-9-16-8-1-6-14-16/h1-6,8,15H,7,9-10H2. The lowest BCUT2D eigenvalue weighted by atomic mass is 10.2. The third-order valence-electron chi connectivity index (χ3n) is 2.49. The van der Waals surface area contributed by atoms with Crippen molar-refractivity contribution in [1.82, 2.24) is 14.5 Å². The molecule has 1 aromatic heterocycles. The van der Waals surface area contributed by atoms with Gasteiger partial charge in [0.15, 0.2) is 0 Å². The summed E-state index contributed by atoms with van der Waals surface area (Å²) in [6.45, 7) is 0.824. The van der Waals surface area contributed by atoms with Gasteiger partial charge in [-0.3, -0.25) is 4.68 Å². The molecule has 0 amide bonds. The Bertz CT molecular complexity index is 609. The monoisotopic (exact) mass is 299 g/mol. The first-order chi connectivity index (χ1) is 9.05. The van der Waals surface area contributed by atoms with E-state index in [1.807, 2.05) is 0 Å². The Morgan fingerprint density at radius 2 is 2.00 bits per heavy atom. The summed E-state index contributed by atoms with van der Waals surface area (Å²) in [5, 5.41) is 4.59. The second-order valence-electron chi connectivity index (χ2n) is 4.05. The minimum Gasteiger partial charge on any atom is -0.271 e. The summed E-state index contributed by atoms with van der Waals surface area (Å²) in [5.41, 5.74) is 0.705. The number of sulfonamides is 1. The number of hydrogen-bond acceptors (Lipinski definition) is 3. The number of benzene rings is 1. The number of halogens is 1. The van der Waals surface area contributed by atoms with Gasteiger partial charge in [0.25, 0.3) is 0 Å². The van der Waals surface area contributed by atoms with Crippen LogP contribution in [-0.2, 0) is 22.3 Å². The van der Waals surface area contributed by atoms with Gasteiger partial charge < -0.3 is 0 Å². The minimum atomic E-state index is -3.33. The third kappa shape index (κ3) is 4.66. The normalized spacial score (nSPS) is 11.6. The Balaban J connectivity index is 1.86. The Kier molecular flexibility index (Phi) is 4.57. The smallest absolute Gasteiger partial charge is 0.215 e. The zero-order valence-electron chi connectivity index (χ0n) is 10.2. The van der Waals surface area contributed by atoms with Gasteiger partial charge in [-0.1, -0.05) is 23.7 Å². The average molecular weight is 300 g/mol. The molecule has 1 N–H and O–H groups in total. The van der Waals surface area contributed by atoms with Gasteiger partial charge in [-0.25, -0.2) is 13.1 Å². The van der Waals surface area contributed by atoms with Crippen molar-refractivity contribution in [3.05, 3.63) is 53.3 Å². The first-order valence-electron chi connectivity index (χ1n) is 5.74. The van der Waals surface area contributed by atoms with E-state index in [0.717, 1.165) is 0 Å². The van der Waals surface area contributed by atoms with Crippen molar-refractivity contribution < 1.29 is 8.42 Å². The van der Waals surface area contributed by atoms with Crippen LogP contribution in [0.1, 0.15) is 5.56 Å². The van der Waals surface area contributed by atoms with E-state index in [-0.39, 0.29) is 5.75 Å². The topological polar surface area (TPSA) is 64.0 Å². The van der Waals surface area contributed by atoms with Gasteiger partial charge in [0.05, 0.1) is 12.3 Å². The van der Waals surface area contributed by atoms with E-state index < -0.39 is 10.0 Å². The molecule has 0 spiro atoms. The van der Waals surface area contributed by atoms with Gasteiger partial charge in [0.2, 0.25) is 10.0 Å². The molecule has 2 aromatic rings. The van der Waals surface area contributed by atoms with E-state index in [2.05, 4.69) is 9.82 Å². The van der Waals surface area contributed by atoms with Gasteiger partial charge in [-0.15, -0.1) is 0 Å². The number of nitrogens with zero attached hydrogens (tertiary/aromatic N) is 2. The van der Waals surface area contributed by atoms with E-state index in [1.54, 1.807) is 47.4 Å². The van der Waals surface area contributed by atoms with E-state index in [1.165, 1.54) is 0 Å². The Morgan fingerprint density at radius 1 is 1.26 bits per heavy atom. The molecule has 1 aromatic carbocycles. The molecule has 0 aliphatic carbocycles. The maximum atomic E-state index is 11.8. The molecule has 19 heavy (non-hydrogen) atoms. The summed E-state index contributed by atoms with van der Waals surface area (Å²) in [5.74, 6) is -0.0523. The van der Waals surface area contributed by atoms with Gasteiger partial charge >= 0.3 is 0 Å². The van der Waals surface area contributed by atoms with Crippen molar-refractivity contribution in [2.45, 2.75) is 12.3 Å². The summed E-state index contributed by atoms with van der Waals surface area (Å²) >= 11 is 5.75. The van der Waals surface area contributed by atoms with E-state index in [9.17, 15) is 8.42 Å². The predicted octanol–water partition coefficient (Wildman–Crippen LogP) is 1.66. The van der Waals surface area contributed by atoms with Crippen LogP contribution in [0.15, 0.2) is 42.7 Å². The summed E-state index contributed by atoms with van der Waals surface area (Å²) in [7, 11) is -3.33. The highest BCUT2D eigenvalue weighted by molar-refractivity contribution is 7.88. The SMILES string of the molecule is O=S(=O)(Cc1ccc(Cl)cc1)NCCn1cccn1. The van der Waals surface area contributed by atoms with Crippen LogP contribution in [-0.4, -0.2) is 24.7 Å². The second-order valence-corrected chi connectivity index (χ2v) is 6.29. The van der Waals surface area contributed by atoms with Gasteiger partial charge in [0, 0.05) is 24.0 Å². The molecule has 0 unspecified atom stereocenters. The Labute approximate surface area is 117 Å². The van der Waals surface area contributed by atoms with Crippen molar-refractivity contribution in [2.24, 2.45) is 0 Å². The predicted molar refractivity (Wildman–Crippen MR) is 74.3 cm³/mol. The molecule has 5 nitrogen and oxygen atoms in total. The van der Waals surface area contributed by atoms with E-state index >= 15 is 0 Å². The third-order valence-corrected chi connectivity index (χ3v) is 4.10. The molecule has 0 fully saturated rings. The molecule has 7 heteroatoms. The summed E-state index contributed by atoms with van der Waals surface area (Å²) < 4.78 is 27.9. The summed E-state index contributed by atoms with van der Waals surface area (Å²) in [6, 6.07) is 8.55. The molecule has 0 saturated carbocycles. The highest BCUT2D eigenvalue weighted by Gasteiger charge is 2.10. The fraction of sp³-hybridized carbons (Fsp3) is 0.250. The molecule has 0 saturated heterocycles. The van der Waals surface area contributed by atoms with Crippen LogP contribution in [0.5, 0.6) is 0 Å². The van der Waals surface area contributed by atoms with Crippen LogP contribution >= 0.6 is 11.6 Å². The second kappa shape index (κ2) is 6.18. The van der Waals surface area contributed by atoms with Crippen molar-refractivity contribution in [2.75, 3.05) is 6.54 Å². The van der Waals surface area contributed by atoms with Gasteiger partial charge in [-0.05, 0) is 23.8 Å².